The number of carbonyl (C=O) groups excluding carboxylic acids is 1. The molecular formula is C23H29FIN5O. The first-order valence-electron chi connectivity index (χ1n) is 10.4. The van der Waals surface area contributed by atoms with Gasteiger partial charge in [-0.2, -0.15) is 0 Å². The van der Waals surface area contributed by atoms with Crippen LogP contribution in [-0.4, -0.2) is 61.4 Å². The molecule has 0 aromatic heterocycles. The molecule has 0 radical (unpaired) electrons. The molecule has 2 N–H and O–H groups in total. The molecule has 0 spiro atoms. The summed E-state index contributed by atoms with van der Waals surface area (Å²) in [6.45, 7) is 3.66. The van der Waals surface area contributed by atoms with Crippen molar-refractivity contribution in [3.05, 3.63) is 66.0 Å². The van der Waals surface area contributed by atoms with E-state index in [1.807, 2.05) is 30.1 Å². The van der Waals surface area contributed by atoms with E-state index in [1.165, 1.54) is 12.1 Å². The van der Waals surface area contributed by atoms with Crippen LogP contribution in [0.15, 0.2) is 59.6 Å². The molecule has 2 heterocycles. The number of hydrogen-bond acceptors (Lipinski definition) is 3. The zero-order chi connectivity index (χ0) is 21.1. The van der Waals surface area contributed by atoms with Crippen LogP contribution in [0, 0.1) is 11.7 Å². The first-order valence-corrected chi connectivity index (χ1v) is 10.4. The van der Waals surface area contributed by atoms with E-state index in [0.29, 0.717) is 18.9 Å². The van der Waals surface area contributed by atoms with Crippen molar-refractivity contribution in [2.45, 2.75) is 12.5 Å². The van der Waals surface area contributed by atoms with Crippen molar-refractivity contribution in [2.24, 2.45) is 16.6 Å². The summed E-state index contributed by atoms with van der Waals surface area (Å²) in [5, 5.41) is 0. The molecule has 2 aromatic carbocycles. The number of nitrogens with zero attached hydrogens (tertiary/aromatic N) is 4. The fourth-order valence-electron chi connectivity index (χ4n) is 4.42. The number of likely N-dealkylation sites (tertiary alicyclic amines) is 1. The number of piperazine rings is 1. The van der Waals surface area contributed by atoms with Crippen molar-refractivity contribution in [3.8, 4) is 0 Å². The molecule has 31 heavy (non-hydrogen) atoms. The minimum Gasteiger partial charge on any atom is -0.370 e. The minimum absolute atomic E-state index is 0. The number of anilines is 1. The smallest absolute Gasteiger partial charge is 0.223 e. The molecule has 2 saturated heterocycles. The predicted octanol–water partition coefficient (Wildman–Crippen LogP) is 3.10. The Hall–Kier alpha value is -2.36. The highest BCUT2D eigenvalue weighted by Gasteiger charge is 2.38. The Morgan fingerprint density at radius 1 is 1.06 bits per heavy atom. The van der Waals surface area contributed by atoms with E-state index in [1.54, 1.807) is 12.1 Å². The SMILES string of the molecule is CN1C(=O)CC(CN=C(N)N2CCN(c3ccc(F)cc3)CC2)C1c1ccccc1.I. The highest BCUT2D eigenvalue weighted by molar-refractivity contribution is 14.0. The summed E-state index contributed by atoms with van der Waals surface area (Å²) in [6.07, 6.45) is 0.491. The zero-order valence-electron chi connectivity index (χ0n) is 17.7. The number of nitrogens with two attached hydrogens (primary N) is 1. The zero-order valence-corrected chi connectivity index (χ0v) is 20.0. The van der Waals surface area contributed by atoms with Gasteiger partial charge in [0.15, 0.2) is 5.96 Å². The fraction of sp³-hybridized carbons (Fsp3) is 0.391. The summed E-state index contributed by atoms with van der Waals surface area (Å²) < 4.78 is 13.1. The van der Waals surface area contributed by atoms with E-state index < -0.39 is 0 Å². The Bertz CT molecular complexity index is 900. The largest absolute Gasteiger partial charge is 0.370 e. The van der Waals surface area contributed by atoms with Gasteiger partial charge in [-0.25, -0.2) is 4.39 Å². The summed E-state index contributed by atoms with van der Waals surface area (Å²) in [4.78, 5) is 23.1. The van der Waals surface area contributed by atoms with E-state index >= 15 is 0 Å². The summed E-state index contributed by atoms with van der Waals surface area (Å²) in [5.74, 6) is 0.570. The van der Waals surface area contributed by atoms with Gasteiger partial charge in [-0.05, 0) is 29.8 Å². The third-order valence-electron chi connectivity index (χ3n) is 6.12. The van der Waals surface area contributed by atoms with Gasteiger partial charge in [-0.3, -0.25) is 9.79 Å². The van der Waals surface area contributed by atoms with E-state index in [2.05, 4.69) is 26.9 Å². The Balaban J connectivity index is 0.00000272. The number of amides is 1. The number of hydrogen-bond donors (Lipinski definition) is 1. The molecule has 1 amide bonds. The molecule has 2 atom stereocenters. The van der Waals surface area contributed by atoms with E-state index in [4.69, 9.17) is 5.73 Å². The molecule has 166 valence electrons. The van der Waals surface area contributed by atoms with Crippen LogP contribution in [0.2, 0.25) is 0 Å². The van der Waals surface area contributed by atoms with Crippen LogP contribution in [0.3, 0.4) is 0 Å². The van der Waals surface area contributed by atoms with E-state index in [0.717, 1.165) is 37.4 Å². The Morgan fingerprint density at radius 3 is 2.35 bits per heavy atom. The van der Waals surface area contributed by atoms with Gasteiger partial charge in [0.2, 0.25) is 5.91 Å². The minimum atomic E-state index is -0.224. The Labute approximate surface area is 199 Å². The molecule has 4 rings (SSSR count). The van der Waals surface area contributed by atoms with Crippen LogP contribution in [-0.2, 0) is 4.79 Å². The third-order valence-corrected chi connectivity index (χ3v) is 6.12. The second kappa shape index (κ2) is 10.3. The predicted molar refractivity (Wildman–Crippen MR) is 132 cm³/mol. The molecular weight excluding hydrogens is 508 g/mol. The lowest BCUT2D eigenvalue weighted by Crippen LogP contribution is -2.51. The van der Waals surface area contributed by atoms with E-state index in [9.17, 15) is 9.18 Å². The number of rotatable bonds is 4. The van der Waals surface area contributed by atoms with Crippen LogP contribution >= 0.6 is 24.0 Å². The molecule has 0 aliphatic carbocycles. The molecule has 2 aromatic rings. The van der Waals surface area contributed by atoms with Gasteiger partial charge in [0.1, 0.15) is 5.82 Å². The summed E-state index contributed by atoms with van der Waals surface area (Å²) in [5.41, 5.74) is 8.45. The van der Waals surface area contributed by atoms with Gasteiger partial charge >= 0.3 is 0 Å². The maximum absolute atomic E-state index is 13.1. The highest BCUT2D eigenvalue weighted by Crippen LogP contribution is 2.37. The van der Waals surface area contributed by atoms with Crippen molar-refractivity contribution in [1.29, 1.82) is 0 Å². The summed E-state index contributed by atoms with van der Waals surface area (Å²) in [7, 11) is 1.86. The average Bonchev–Trinajstić information content (AvgIpc) is 3.06. The third kappa shape index (κ3) is 5.28. The van der Waals surface area contributed by atoms with Crippen molar-refractivity contribution in [3.63, 3.8) is 0 Å². The second-order valence-corrected chi connectivity index (χ2v) is 7.97. The van der Waals surface area contributed by atoms with Gasteiger partial charge in [-0.15, -0.1) is 24.0 Å². The number of aliphatic imine (C=N–C) groups is 1. The fourth-order valence-corrected chi connectivity index (χ4v) is 4.42. The molecule has 0 saturated carbocycles. The number of guanidine groups is 1. The number of halogens is 2. The lowest BCUT2D eigenvalue weighted by molar-refractivity contribution is -0.127. The molecule has 0 bridgehead atoms. The quantitative estimate of drug-likeness (QED) is 0.370. The molecule has 2 fully saturated rings. The van der Waals surface area contributed by atoms with Gasteiger partial charge < -0.3 is 20.4 Å². The number of carbonyl (C=O) groups is 1. The van der Waals surface area contributed by atoms with Crippen LogP contribution in [0.1, 0.15) is 18.0 Å². The van der Waals surface area contributed by atoms with Crippen LogP contribution in [0.5, 0.6) is 0 Å². The molecule has 6 nitrogen and oxygen atoms in total. The molecule has 8 heteroatoms. The van der Waals surface area contributed by atoms with Gasteiger partial charge in [-0.1, -0.05) is 30.3 Å². The Morgan fingerprint density at radius 2 is 1.71 bits per heavy atom. The first-order chi connectivity index (χ1) is 14.5. The summed E-state index contributed by atoms with van der Waals surface area (Å²) in [6, 6.07) is 16.7. The van der Waals surface area contributed by atoms with Crippen LogP contribution in [0.25, 0.3) is 0 Å². The lowest BCUT2D eigenvalue weighted by atomic mass is 9.94. The molecule has 2 aliphatic rings. The van der Waals surface area contributed by atoms with Crippen molar-refractivity contribution in [1.82, 2.24) is 9.80 Å². The maximum Gasteiger partial charge on any atom is 0.223 e. The van der Waals surface area contributed by atoms with Crippen molar-refractivity contribution >= 4 is 41.5 Å². The summed E-state index contributed by atoms with van der Waals surface area (Å²) >= 11 is 0. The second-order valence-electron chi connectivity index (χ2n) is 7.97. The molecule has 2 unspecified atom stereocenters. The lowest BCUT2D eigenvalue weighted by Gasteiger charge is -2.36. The Kier molecular flexibility index (Phi) is 7.74. The molecule has 2 aliphatic heterocycles. The van der Waals surface area contributed by atoms with Crippen molar-refractivity contribution < 1.29 is 9.18 Å². The first kappa shape index (κ1) is 23.3. The van der Waals surface area contributed by atoms with E-state index in [-0.39, 0.29) is 47.7 Å². The standard InChI is InChI=1S/C23H28FN5O.HI/c1-27-21(30)15-18(22(27)17-5-3-2-4-6-17)16-26-23(25)29-13-11-28(12-14-29)20-9-7-19(24)8-10-20;/h2-10,18,22H,11-16H2,1H3,(H2,25,26);1H. The van der Waals surface area contributed by atoms with Gasteiger partial charge in [0.25, 0.3) is 0 Å². The topological polar surface area (TPSA) is 65.2 Å². The highest BCUT2D eigenvalue weighted by atomic mass is 127. The van der Waals surface area contributed by atoms with Crippen LogP contribution < -0.4 is 10.6 Å². The average molecular weight is 537 g/mol. The number of benzene rings is 2. The van der Waals surface area contributed by atoms with Gasteiger partial charge in [0, 0.05) is 57.8 Å². The van der Waals surface area contributed by atoms with Gasteiger partial charge in [0.05, 0.1) is 6.04 Å². The monoisotopic (exact) mass is 537 g/mol. The normalized spacial score (nSPS) is 21.9. The van der Waals surface area contributed by atoms with Crippen LogP contribution in [0.4, 0.5) is 10.1 Å². The van der Waals surface area contributed by atoms with Crippen molar-refractivity contribution in [2.75, 3.05) is 44.7 Å². The maximum atomic E-state index is 13.1.